The van der Waals surface area contributed by atoms with Gasteiger partial charge in [0.05, 0.1) is 43.8 Å². The van der Waals surface area contributed by atoms with Gasteiger partial charge in [0.1, 0.15) is 5.75 Å². The number of carbonyl (C=O) groups is 3. The first-order valence-corrected chi connectivity index (χ1v) is 20.6. The summed E-state index contributed by atoms with van der Waals surface area (Å²) in [6.07, 6.45) is 0.698. The Morgan fingerprint density at radius 1 is 0.578 bits per heavy atom. The molecule has 6 amide bonds. The number of amides is 6. The molecule has 1 fully saturated rings. The van der Waals surface area contributed by atoms with E-state index in [4.69, 9.17) is 74.9 Å². The second-order valence-electron chi connectivity index (χ2n) is 13.2. The number of carbonyl (C=O) groups excluding carboxylic acids is 3. The van der Waals surface area contributed by atoms with Gasteiger partial charge in [-0.15, -0.1) is 13.2 Å². The topological polar surface area (TPSA) is 217 Å². The maximum Gasteiger partial charge on any atom is 0.573 e. The summed E-state index contributed by atoms with van der Waals surface area (Å²) >= 11 is 34.7. The molecule has 0 atom stereocenters. The Labute approximate surface area is 393 Å². The molecule has 6 rings (SSSR count). The van der Waals surface area contributed by atoms with Gasteiger partial charge in [-0.3, -0.25) is 0 Å². The summed E-state index contributed by atoms with van der Waals surface area (Å²) in [5.41, 5.74) is 1.47. The van der Waals surface area contributed by atoms with Crippen LogP contribution in [0, 0.1) is 11.3 Å². The number of nitriles is 1. The normalized spacial score (nSPS) is 12.1. The molecular formula is C41H34Cl6F3N7O7. The number of hydrogen-bond donors (Lipinski definition) is 9. The minimum absolute atomic E-state index is 0.0259. The van der Waals surface area contributed by atoms with Crippen LogP contribution in [0.2, 0.25) is 30.1 Å². The molecule has 5 aromatic carbocycles. The van der Waals surface area contributed by atoms with Crippen molar-refractivity contribution in [3.63, 3.8) is 0 Å². The standard InChI is InChI=1S/C14H9Cl2F3N2O3.C14H9Cl2N3O2.C13H16Cl2N2O2/c15-7-5-10(16)12(22)11(6-7)21-13(23)20-8-1-3-9(4-2-8)24-14(17,18)19;15-9-5-11(16)13(20)12(6-9)19-14(21)18-10-3-1-8(7-17)2-4-10;14-8-6-10(15)12(18)11(7-8)17-13(19)16-9-4-2-1-3-5-9/h1-6,22H,(H2,20,21,23);1-6,20H,(H2,18,19,21);6-7,9,18H,1-5H2,(H2,16,17,19). The molecule has 1 saturated carbocycles. The Morgan fingerprint density at radius 2 is 0.953 bits per heavy atom. The van der Waals surface area contributed by atoms with E-state index in [-0.39, 0.29) is 77.2 Å². The Balaban J connectivity index is 0.000000212. The molecule has 0 radical (unpaired) electrons. The Morgan fingerprint density at radius 3 is 1.33 bits per heavy atom. The second kappa shape index (κ2) is 23.7. The molecule has 0 unspecified atom stereocenters. The molecule has 64 heavy (non-hydrogen) atoms. The van der Waals surface area contributed by atoms with Gasteiger partial charge in [-0.1, -0.05) is 88.9 Å². The van der Waals surface area contributed by atoms with E-state index in [2.05, 4.69) is 36.6 Å². The summed E-state index contributed by atoms with van der Waals surface area (Å²) in [5.74, 6) is -1.24. The number of halogens is 9. The van der Waals surface area contributed by atoms with Crippen LogP contribution in [-0.2, 0) is 0 Å². The van der Waals surface area contributed by atoms with Crippen LogP contribution in [0.3, 0.4) is 0 Å². The number of urea groups is 3. The largest absolute Gasteiger partial charge is 0.573 e. The molecule has 0 spiro atoms. The van der Waals surface area contributed by atoms with Crippen molar-refractivity contribution in [3.05, 3.63) is 121 Å². The molecule has 9 N–H and O–H groups in total. The predicted molar refractivity (Wildman–Crippen MR) is 243 cm³/mol. The van der Waals surface area contributed by atoms with Crippen molar-refractivity contribution in [1.82, 2.24) is 5.32 Å². The zero-order valence-corrected chi connectivity index (χ0v) is 37.1. The third kappa shape index (κ3) is 16.7. The van der Waals surface area contributed by atoms with Crippen molar-refractivity contribution in [1.29, 1.82) is 5.26 Å². The number of rotatable bonds is 7. The minimum Gasteiger partial charge on any atom is -0.504 e. The van der Waals surface area contributed by atoms with Gasteiger partial charge in [0.2, 0.25) is 0 Å². The van der Waals surface area contributed by atoms with Crippen molar-refractivity contribution < 1.29 is 47.6 Å². The van der Waals surface area contributed by atoms with Crippen molar-refractivity contribution in [2.75, 3.05) is 26.6 Å². The number of nitrogens with zero attached hydrogens (tertiary/aromatic N) is 1. The van der Waals surface area contributed by atoms with Crippen LogP contribution in [-0.4, -0.2) is 45.8 Å². The van der Waals surface area contributed by atoms with Gasteiger partial charge in [0.25, 0.3) is 0 Å². The van der Waals surface area contributed by atoms with E-state index in [0.717, 1.165) is 37.8 Å². The Bertz CT molecular complexity index is 2490. The van der Waals surface area contributed by atoms with Gasteiger partial charge in [0, 0.05) is 32.5 Å². The third-order valence-corrected chi connectivity index (χ3v) is 9.91. The van der Waals surface area contributed by atoms with E-state index in [9.17, 15) is 42.9 Å². The van der Waals surface area contributed by atoms with E-state index in [1.165, 1.54) is 55.0 Å². The highest BCUT2D eigenvalue weighted by Crippen LogP contribution is 2.37. The summed E-state index contributed by atoms with van der Waals surface area (Å²) in [4.78, 5) is 35.5. The molecule has 338 valence electrons. The van der Waals surface area contributed by atoms with Crippen LogP contribution in [0.1, 0.15) is 37.7 Å². The van der Waals surface area contributed by atoms with E-state index in [1.807, 2.05) is 6.07 Å². The molecule has 1 aliphatic rings. The maximum absolute atomic E-state index is 12.1. The highest BCUT2D eigenvalue weighted by atomic mass is 35.5. The number of alkyl halides is 3. The average Bonchev–Trinajstić information content (AvgIpc) is 3.22. The second-order valence-corrected chi connectivity index (χ2v) is 15.7. The van der Waals surface area contributed by atoms with E-state index in [1.54, 1.807) is 24.3 Å². The number of aromatic hydroxyl groups is 3. The van der Waals surface area contributed by atoms with Gasteiger partial charge in [-0.25, -0.2) is 14.4 Å². The van der Waals surface area contributed by atoms with Crippen LogP contribution < -0.4 is 36.6 Å². The Kier molecular flexibility index (Phi) is 18.8. The molecule has 5 aromatic rings. The maximum atomic E-state index is 12.1. The summed E-state index contributed by atoms with van der Waals surface area (Å²) in [6.45, 7) is 0. The lowest BCUT2D eigenvalue weighted by atomic mass is 9.96. The molecule has 0 aliphatic heterocycles. The first kappa shape index (κ1) is 50.8. The molecule has 0 saturated heterocycles. The molecule has 0 bridgehead atoms. The fraction of sp³-hybridized carbons (Fsp3) is 0.171. The number of phenolic OH excluding ortho intramolecular Hbond substituents is 3. The van der Waals surface area contributed by atoms with Crippen LogP contribution in [0.25, 0.3) is 0 Å². The van der Waals surface area contributed by atoms with Gasteiger partial charge < -0.3 is 52.0 Å². The van der Waals surface area contributed by atoms with Crippen LogP contribution in [0.15, 0.2) is 84.9 Å². The first-order valence-electron chi connectivity index (χ1n) is 18.3. The van der Waals surface area contributed by atoms with Gasteiger partial charge in [0.15, 0.2) is 17.2 Å². The highest BCUT2D eigenvalue weighted by Gasteiger charge is 2.31. The number of ether oxygens (including phenoxy) is 1. The van der Waals surface area contributed by atoms with E-state index in [0.29, 0.717) is 16.3 Å². The first-order chi connectivity index (χ1) is 30.2. The average molecular weight is 1010 g/mol. The Hall–Kier alpha value is -5.87. The monoisotopic (exact) mass is 1000 g/mol. The van der Waals surface area contributed by atoms with Crippen molar-refractivity contribution in [2.45, 2.75) is 44.5 Å². The molecule has 0 heterocycles. The zero-order valence-electron chi connectivity index (χ0n) is 32.5. The predicted octanol–water partition coefficient (Wildman–Crippen LogP) is 13.6. The zero-order chi connectivity index (χ0) is 47.1. The molecular weight excluding hydrogens is 972 g/mol. The van der Waals surface area contributed by atoms with E-state index < -0.39 is 24.2 Å². The third-order valence-electron chi connectivity index (χ3n) is 8.39. The van der Waals surface area contributed by atoms with Crippen LogP contribution in [0.5, 0.6) is 23.0 Å². The lowest BCUT2D eigenvalue weighted by Gasteiger charge is -2.23. The quantitative estimate of drug-likeness (QED) is 0.0713. The summed E-state index contributed by atoms with van der Waals surface area (Å²) in [6, 6.07) is 19.5. The number of benzene rings is 5. The molecule has 0 aromatic heterocycles. The SMILES string of the molecule is N#Cc1ccc(NC(=O)Nc2cc(Cl)cc(Cl)c2O)cc1.O=C(Nc1cc(Cl)cc(Cl)c1O)NC1CCCCC1.O=C(Nc1ccc(OC(F)(F)F)cc1)Nc1cc(Cl)cc(Cl)c1O. The lowest BCUT2D eigenvalue weighted by Crippen LogP contribution is -2.39. The van der Waals surface area contributed by atoms with Crippen molar-refractivity contribution in [2.24, 2.45) is 0 Å². The van der Waals surface area contributed by atoms with E-state index >= 15 is 0 Å². The smallest absolute Gasteiger partial charge is 0.504 e. The molecule has 1 aliphatic carbocycles. The van der Waals surface area contributed by atoms with Crippen LogP contribution in [0.4, 0.5) is 56.0 Å². The molecule has 14 nitrogen and oxygen atoms in total. The number of anilines is 5. The van der Waals surface area contributed by atoms with Crippen molar-refractivity contribution >= 4 is 116 Å². The summed E-state index contributed by atoms with van der Waals surface area (Å²) in [5, 5.41) is 53.9. The number of hydrogen-bond acceptors (Lipinski definition) is 8. The van der Waals surface area contributed by atoms with Crippen molar-refractivity contribution in [3.8, 4) is 29.1 Å². The van der Waals surface area contributed by atoms with Gasteiger partial charge in [-0.05, 0) is 97.8 Å². The molecule has 23 heteroatoms. The fourth-order valence-electron chi connectivity index (χ4n) is 5.51. The lowest BCUT2D eigenvalue weighted by molar-refractivity contribution is -0.274. The highest BCUT2D eigenvalue weighted by molar-refractivity contribution is 6.37. The van der Waals surface area contributed by atoms with Gasteiger partial charge in [-0.2, -0.15) is 5.26 Å². The number of nitrogens with one attached hydrogen (secondary N) is 6. The summed E-state index contributed by atoms with van der Waals surface area (Å²) < 4.78 is 39.9. The fourth-order valence-corrected chi connectivity index (χ4v) is 6.99. The number of phenols is 3. The minimum atomic E-state index is -4.80. The van der Waals surface area contributed by atoms with Crippen LogP contribution >= 0.6 is 69.6 Å². The van der Waals surface area contributed by atoms with Gasteiger partial charge >= 0.3 is 24.5 Å². The summed E-state index contributed by atoms with van der Waals surface area (Å²) in [7, 11) is 0.